The fourth-order valence-electron chi connectivity index (χ4n) is 1.57. The summed E-state index contributed by atoms with van der Waals surface area (Å²) in [5, 5.41) is 6.26. The summed E-state index contributed by atoms with van der Waals surface area (Å²) < 4.78 is 17.7. The Bertz CT molecular complexity index is 651. The van der Waals surface area contributed by atoms with E-state index in [-0.39, 0.29) is 24.6 Å². The molecule has 0 atom stereocenters. The lowest BCUT2D eigenvalue weighted by atomic mass is 10.2. The zero-order chi connectivity index (χ0) is 15.8. The van der Waals surface area contributed by atoms with Crippen LogP contribution in [0.4, 0.5) is 10.1 Å². The van der Waals surface area contributed by atoms with E-state index in [0.717, 1.165) is 0 Å². The molecule has 0 saturated carbocycles. The van der Waals surface area contributed by atoms with Gasteiger partial charge in [0.05, 0.1) is 12.5 Å². The third-order valence-corrected chi connectivity index (χ3v) is 2.63. The summed E-state index contributed by atoms with van der Waals surface area (Å²) in [6, 6.07) is 8.76. The van der Waals surface area contributed by atoms with Gasteiger partial charge in [-0.3, -0.25) is 9.59 Å². The minimum Gasteiger partial charge on any atom is -0.463 e. The van der Waals surface area contributed by atoms with E-state index in [2.05, 4.69) is 15.8 Å². The largest absolute Gasteiger partial charge is 0.463 e. The monoisotopic (exact) mass is 303 g/mol. The van der Waals surface area contributed by atoms with Crippen LogP contribution in [0.25, 0.3) is 0 Å². The fraction of sp³-hybridized carbons (Fsp3) is 0.133. The second kappa shape index (κ2) is 7.72. The number of anilines is 1. The van der Waals surface area contributed by atoms with Crippen LogP contribution in [0, 0.1) is 5.82 Å². The van der Waals surface area contributed by atoms with Crippen LogP contribution in [0.15, 0.2) is 52.2 Å². The van der Waals surface area contributed by atoms with Crippen LogP contribution in [0.5, 0.6) is 0 Å². The van der Waals surface area contributed by atoms with E-state index in [1.807, 2.05) is 0 Å². The van der Waals surface area contributed by atoms with Crippen molar-refractivity contribution in [2.45, 2.75) is 12.8 Å². The van der Waals surface area contributed by atoms with Gasteiger partial charge in [-0.15, -0.1) is 0 Å². The summed E-state index contributed by atoms with van der Waals surface area (Å²) >= 11 is 0. The van der Waals surface area contributed by atoms with Gasteiger partial charge < -0.3 is 9.73 Å². The van der Waals surface area contributed by atoms with E-state index >= 15 is 0 Å². The number of furan rings is 1. The molecule has 2 aromatic rings. The molecule has 1 aromatic carbocycles. The minimum absolute atomic E-state index is 0.000514. The highest BCUT2D eigenvalue weighted by molar-refractivity contribution is 5.93. The zero-order valence-electron chi connectivity index (χ0n) is 11.6. The number of rotatable bonds is 6. The molecule has 0 fully saturated rings. The van der Waals surface area contributed by atoms with Gasteiger partial charge >= 0.3 is 0 Å². The first kappa shape index (κ1) is 15.4. The topological polar surface area (TPSA) is 83.7 Å². The molecule has 1 aromatic heterocycles. The quantitative estimate of drug-likeness (QED) is 0.634. The SMILES string of the molecule is O=C(CCC(=O)Nc1ccc(F)cc1)N/N=C/c1ccco1. The van der Waals surface area contributed by atoms with Gasteiger partial charge in [0.25, 0.3) is 0 Å². The van der Waals surface area contributed by atoms with Crippen molar-refractivity contribution in [1.29, 1.82) is 0 Å². The molecule has 0 spiro atoms. The van der Waals surface area contributed by atoms with Crippen molar-refractivity contribution in [3.05, 3.63) is 54.2 Å². The highest BCUT2D eigenvalue weighted by Gasteiger charge is 2.06. The molecule has 2 rings (SSSR count). The molecule has 2 N–H and O–H groups in total. The van der Waals surface area contributed by atoms with Crippen molar-refractivity contribution in [3.63, 3.8) is 0 Å². The van der Waals surface area contributed by atoms with Gasteiger partial charge in [0.1, 0.15) is 11.6 Å². The summed E-state index contributed by atoms with van der Waals surface area (Å²) in [5.74, 6) is -0.602. The zero-order valence-corrected chi connectivity index (χ0v) is 11.6. The highest BCUT2D eigenvalue weighted by Crippen LogP contribution is 2.08. The molecule has 0 saturated heterocycles. The molecular weight excluding hydrogens is 289 g/mol. The number of halogens is 1. The number of benzene rings is 1. The second-order valence-electron chi connectivity index (χ2n) is 4.36. The molecule has 6 nitrogen and oxygen atoms in total. The van der Waals surface area contributed by atoms with Crippen LogP contribution in [0.1, 0.15) is 18.6 Å². The number of amides is 2. The molecule has 7 heteroatoms. The van der Waals surface area contributed by atoms with Crippen molar-refractivity contribution in [2.75, 3.05) is 5.32 Å². The normalized spacial score (nSPS) is 10.6. The number of hydrogen-bond donors (Lipinski definition) is 2. The predicted octanol–water partition coefficient (Wildman–Crippen LogP) is 2.29. The second-order valence-corrected chi connectivity index (χ2v) is 4.36. The average Bonchev–Trinajstić information content (AvgIpc) is 3.01. The van der Waals surface area contributed by atoms with Gasteiger partial charge in [-0.05, 0) is 36.4 Å². The Labute approximate surface area is 126 Å². The average molecular weight is 303 g/mol. The van der Waals surface area contributed by atoms with Crippen LogP contribution in [0.2, 0.25) is 0 Å². The Morgan fingerprint density at radius 3 is 2.55 bits per heavy atom. The van der Waals surface area contributed by atoms with Crippen molar-refractivity contribution in [3.8, 4) is 0 Å². The first-order valence-electron chi connectivity index (χ1n) is 6.54. The summed E-state index contributed by atoms with van der Waals surface area (Å²) in [7, 11) is 0. The smallest absolute Gasteiger partial charge is 0.240 e. The molecule has 1 heterocycles. The number of nitrogens with one attached hydrogen (secondary N) is 2. The maximum Gasteiger partial charge on any atom is 0.240 e. The molecule has 0 aliphatic heterocycles. The third kappa shape index (κ3) is 5.20. The third-order valence-electron chi connectivity index (χ3n) is 2.63. The molecule has 0 radical (unpaired) electrons. The van der Waals surface area contributed by atoms with Crippen molar-refractivity contribution < 1.29 is 18.4 Å². The van der Waals surface area contributed by atoms with E-state index in [0.29, 0.717) is 11.4 Å². The summed E-state index contributed by atoms with van der Waals surface area (Å²) in [5.41, 5.74) is 2.76. The van der Waals surface area contributed by atoms with Gasteiger partial charge in [-0.1, -0.05) is 0 Å². The van der Waals surface area contributed by atoms with Gasteiger partial charge in [-0.2, -0.15) is 5.10 Å². The lowest BCUT2D eigenvalue weighted by Gasteiger charge is -2.04. The number of carbonyl (C=O) groups is 2. The van der Waals surface area contributed by atoms with Crippen LogP contribution in [-0.4, -0.2) is 18.0 Å². The van der Waals surface area contributed by atoms with E-state index in [1.54, 1.807) is 12.1 Å². The lowest BCUT2D eigenvalue weighted by Crippen LogP contribution is -2.20. The van der Waals surface area contributed by atoms with Crippen molar-refractivity contribution >= 4 is 23.7 Å². The van der Waals surface area contributed by atoms with E-state index in [9.17, 15) is 14.0 Å². The van der Waals surface area contributed by atoms with E-state index in [4.69, 9.17) is 4.42 Å². The Hall–Kier alpha value is -2.96. The lowest BCUT2D eigenvalue weighted by molar-refractivity contribution is -0.124. The maximum absolute atomic E-state index is 12.7. The Balaban J connectivity index is 1.69. The number of carbonyl (C=O) groups excluding carboxylic acids is 2. The number of nitrogens with zero attached hydrogens (tertiary/aromatic N) is 1. The van der Waals surface area contributed by atoms with Crippen molar-refractivity contribution in [2.24, 2.45) is 5.10 Å². The fourth-order valence-corrected chi connectivity index (χ4v) is 1.57. The highest BCUT2D eigenvalue weighted by atomic mass is 19.1. The van der Waals surface area contributed by atoms with Gasteiger partial charge in [0.15, 0.2) is 0 Å². The molecular formula is C15H14FN3O3. The molecule has 0 bridgehead atoms. The predicted molar refractivity (Wildman–Crippen MR) is 78.7 cm³/mol. The molecule has 0 aliphatic carbocycles. The van der Waals surface area contributed by atoms with E-state index < -0.39 is 5.91 Å². The summed E-state index contributed by atoms with van der Waals surface area (Å²) in [4.78, 5) is 23.1. The molecule has 0 unspecified atom stereocenters. The Morgan fingerprint density at radius 2 is 1.86 bits per heavy atom. The summed E-state index contributed by atoms with van der Waals surface area (Å²) in [6.45, 7) is 0. The first-order valence-corrected chi connectivity index (χ1v) is 6.54. The van der Waals surface area contributed by atoms with Crippen LogP contribution < -0.4 is 10.7 Å². The van der Waals surface area contributed by atoms with Crippen molar-refractivity contribution in [1.82, 2.24) is 5.43 Å². The molecule has 2 amide bonds. The first-order chi connectivity index (χ1) is 10.6. The Morgan fingerprint density at radius 1 is 1.14 bits per heavy atom. The number of hydrogen-bond acceptors (Lipinski definition) is 4. The van der Waals surface area contributed by atoms with Crippen LogP contribution >= 0.6 is 0 Å². The van der Waals surface area contributed by atoms with E-state index in [1.165, 1.54) is 36.7 Å². The van der Waals surface area contributed by atoms with Crippen LogP contribution in [0.3, 0.4) is 0 Å². The molecule has 0 aliphatic rings. The molecule has 114 valence electrons. The minimum atomic E-state index is -0.392. The van der Waals surface area contributed by atoms with Gasteiger partial charge in [0.2, 0.25) is 11.8 Å². The maximum atomic E-state index is 12.7. The number of hydrazone groups is 1. The summed E-state index contributed by atoms with van der Waals surface area (Å²) in [6.07, 6.45) is 2.83. The van der Waals surface area contributed by atoms with Crippen LogP contribution in [-0.2, 0) is 9.59 Å². The standard InChI is InChI=1S/C15H14FN3O3/c16-11-3-5-12(6-4-11)18-14(20)7-8-15(21)19-17-10-13-2-1-9-22-13/h1-6,9-10H,7-8H2,(H,18,20)(H,19,21)/b17-10+. The van der Waals surface area contributed by atoms with Gasteiger partial charge in [-0.25, -0.2) is 9.82 Å². The van der Waals surface area contributed by atoms with Gasteiger partial charge in [0, 0.05) is 18.5 Å². The molecule has 22 heavy (non-hydrogen) atoms. The Kier molecular flexibility index (Phi) is 5.42.